The molecule has 1 rings (SSSR count). The first-order valence-electron chi connectivity index (χ1n) is 5.98. The largest absolute Gasteiger partial charge is 0.387 e. The van der Waals surface area contributed by atoms with Crippen molar-refractivity contribution in [3.8, 4) is 0 Å². The Morgan fingerprint density at radius 1 is 1.33 bits per heavy atom. The average molecular weight is 271 g/mol. The summed E-state index contributed by atoms with van der Waals surface area (Å²) < 4.78 is 0. The lowest BCUT2D eigenvalue weighted by Crippen LogP contribution is -2.27. The number of hydrogen-bond donors (Lipinski definition) is 3. The minimum Gasteiger partial charge on any atom is -0.387 e. The van der Waals surface area contributed by atoms with E-state index < -0.39 is 6.10 Å². The van der Waals surface area contributed by atoms with Gasteiger partial charge in [-0.1, -0.05) is 23.7 Å². The Morgan fingerprint density at radius 2 is 2.00 bits per heavy atom. The summed E-state index contributed by atoms with van der Waals surface area (Å²) in [5.74, 6) is -0.0174. The lowest BCUT2D eigenvalue weighted by molar-refractivity contribution is -0.118. The molecule has 4 nitrogen and oxygen atoms in total. The second-order valence-electron chi connectivity index (χ2n) is 4.11. The molecule has 3 N–H and O–H groups in total. The molecular weight excluding hydrogens is 252 g/mol. The van der Waals surface area contributed by atoms with Gasteiger partial charge in [-0.15, -0.1) is 0 Å². The molecular formula is C13H19ClN2O2. The maximum atomic E-state index is 10.6. The average Bonchev–Trinajstić information content (AvgIpc) is 2.34. The normalized spacial score (nSPS) is 12.2. The van der Waals surface area contributed by atoms with Gasteiger partial charge in [-0.2, -0.15) is 0 Å². The predicted octanol–water partition coefficient (Wildman–Crippen LogP) is 1.49. The minimum absolute atomic E-state index is 0.0174. The number of benzene rings is 1. The third-order valence-electron chi connectivity index (χ3n) is 2.50. The minimum atomic E-state index is -0.539. The van der Waals surface area contributed by atoms with E-state index in [0.29, 0.717) is 18.1 Å². The molecule has 0 aliphatic carbocycles. The number of aliphatic hydroxyl groups is 1. The molecule has 1 aromatic carbocycles. The molecule has 0 bridgehead atoms. The maximum Gasteiger partial charge on any atom is 0.216 e. The van der Waals surface area contributed by atoms with Crippen LogP contribution in [0.2, 0.25) is 5.02 Å². The number of aliphatic hydroxyl groups excluding tert-OH is 1. The van der Waals surface area contributed by atoms with Gasteiger partial charge in [0.15, 0.2) is 0 Å². The fourth-order valence-corrected chi connectivity index (χ4v) is 1.65. The Bertz CT molecular complexity index is 368. The summed E-state index contributed by atoms with van der Waals surface area (Å²) in [6.45, 7) is 3.39. The number of rotatable bonds is 7. The van der Waals surface area contributed by atoms with E-state index >= 15 is 0 Å². The van der Waals surface area contributed by atoms with Crippen molar-refractivity contribution in [2.24, 2.45) is 0 Å². The molecule has 0 aliphatic rings. The van der Waals surface area contributed by atoms with Gasteiger partial charge in [-0.3, -0.25) is 4.79 Å². The van der Waals surface area contributed by atoms with Crippen LogP contribution in [0.15, 0.2) is 24.3 Å². The lowest BCUT2D eigenvalue weighted by atomic mass is 10.1. The first-order chi connectivity index (χ1) is 8.59. The van der Waals surface area contributed by atoms with Crippen LogP contribution in [0.25, 0.3) is 0 Å². The summed E-state index contributed by atoms with van der Waals surface area (Å²) in [4.78, 5) is 10.6. The molecule has 5 heteroatoms. The molecule has 0 heterocycles. The van der Waals surface area contributed by atoms with E-state index in [0.717, 1.165) is 18.5 Å². The van der Waals surface area contributed by atoms with Crippen LogP contribution in [0.4, 0.5) is 0 Å². The summed E-state index contributed by atoms with van der Waals surface area (Å²) >= 11 is 5.77. The van der Waals surface area contributed by atoms with Crippen LogP contribution in [-0.4, -0.2) is 30.6 Å². The van der Waals surface area contributed by atoms with Crippen molar-refractivity contribution in [2.75, 3.05) is 19.6 Å². The standard InChI is InChI=1S/C13H19ClN2O2/c1-10(17)16-8-2-7-15-9-13(18)11-3-5-12(14)6-4-11/h3-6,13,15,18H,2,7-9H2,1H3,(H,16,17). The van der Waals surface area contributed by atoms with Crippen molar-refractivity contribution >= 4 is 17.5 Å². The number of carbonyl (C=O) groups excluding carboxylic acids is 1. The van der Waals surface area contributed by atoms with E-state index in [1.165, 1.54) is 6.92 Å². The summed E-state index contributed by atoms with van der Waals surface area (Å²) in [6, 6.07) is 7.14. The Morgan fingerprint density at radius 3 is 2.61 bits per heavy atom. The molecule has 0 fully saturated rings. The predicted molar refractivity (Wildman–Crippen MR) is 72.6 cm³/mol. The highest BCUT2D eigenvalue weighted by atomic mass is 35.5. The Kier molecular flexibility index (Phi) is 6.72. The molecule has 100 valence electrons. The number of hydrogen-bond acceptors (Lipinski definition) is 3. The molecule has 1 unspecified atom stereocenters. The SMILES string of the molecule is CC(=O)NCCCNCC(O)c1ccc(Cl)cc1. The van der Waals surface area contributed by atoms with Gasteiger partial charge in [-0.05, 0) is 30.7 Å². The summed E-state index contributed by atoms with van der Waals surface area (Å²) in [5.41, 5.74) is 0.841. The zero-order valence-electron chi connectivity index (χ0n) is 10.4. The summed E-state index contributed by atoms with van der Waals surface area (Å²) in [7, 11) is 0. The molecule has 1 amide bonds. The van der Waals surface area contributed by atoms with Crippen molar-refractivity contribution in [3.63, 3.8) is 0 Å². The topological polar surface area (TPSA) is 61.4 Å². The van der Waals surface area contributed by atoms with Gasteiger partial charge in [-0.25, -0.2) is 0 Å². The monoisotopic (exact) mass is 270 g/mol. The third kappa shape index (κ3) is 6.00. The number of nitrogens with one attached hydrogen (secondary N) is 2. The van der Waals surface area contributed by atoms with Gasteiger partial charge in [0.2, 0.25) is 5.91 Å². The Hall–Kier alpha value is -1.10. The molecule has 0 aromatic heterocycles. The molecule has 18 heavy (non-hydrogen) atoms. The van der Waals surface area contributed by atoms with E-state index in [-0.39, 0.29) is 5.91 Å². The summed E-state index contributed by atoms with van der Waals surface area (Å²) in [6.07, 6.45) is 0.301. The van der Waals surface area contributed by atoms with E-state index in [1.54, 1.807) is 12.1 Å². The van der Waals surface area contributed by atoms with Crippen LogP contribution < -0.4 is 10.6 Å². The highest BCUT2D eigenvalue weighted by Gasteiger charge is 2.06. The maximum absolute atomic E-state index is 10.6. The Balaban J connectivity index is 2.15. The number of carbonyl (C=O) groups is 1. The van der Waals surface area contributed by atoms with E-state index in [1.807, 2.05) is 12.1 Å². The highest BCUT2D eigenvalue weighted by molar-refractivity contribution is 6.30. The number of halogens is 1. The molecule has 0 radical (unpaired) electrons. The van der Waals surface area contributed by atoms with Gasteiger partial charge in [0.1, 0.15) is 0 Å². The van der Waals surface area contributed by atoms with Gasteiger partial charge in [0.05, 0.1) is 6.10 Å². The molecule has 0 saturated heterocycles. The van der Waals surface area contributed by atoms with E-state index in [2.05, 4.69) is 10.6 Å². The second kappa shape index (κ2) is 8.08. The van der Waals surface area contributed by atoms with Crippen LogP contribution >= 0.6 is 11.6 Å². The van der Waals surface area contributed by atoms with Gasteiger partial charge < -0.3 is 15.7 Å². The fourth-order valence-electron chi connectivity index (χ4n) is 1.52. The number of amides is 1. The van der Waals surface area contributed by atoms with Crippen molar-refractivity contribution < 1.29 is 9.90 Å². The third-order valence-corrected chi connectivity index (χ3v) is 2.75. The van der Waals surface area contributed by atoms with Crippen molar-refractivity contribution in [1.82, 2.24) is 10.6 Å². The second-order valence-corrected chi connectivity index (χ2v) is 4.54. The lowest BCUT2D eigenvalue weighted by Gasteiger charge is -2.12. The van der Waals surface area contributed by atoms with Crippen LogP contribution in [0, 0.1) is 0 Å². The van der Waals surface area contributed by atoms with E-state index in [4.69, 9.17) is 11.6 Å². The molecule has 0 saturated carbocycles. The molecule has 0 aliphatic heterocycles. The van der Waals surface area contributed by atoms with Gasteiger partial charge >= 0.3 is 0 Å². The van der Waals surface area contributed by atoms with Crippen molar-refractivity contribution in [2.45, 2.75) is 19.4 Å². The smallest absolute Gasteiger partial charge is 0.216 e. The van der Waals surface area contributed by atoms with Crippen LogP contribution in [0.3, 0.4) is 0 Å². The first-order valence-corrected chi connectivity index (χ1v) is 6.36. The fraction of sp³-hybridized carbons (Fsp3) is 0.462. The molecule has 0 spiro atoms. The van der Waals surface area contributed by atoms with Crippen LogP contribution in [-0.2, 0) is 4.79 Å². The van der Waals surface area contributed by atoms with E-state index in [9.17, 15) is 9.90 Å². The van der Waals surface area contributed by atoms with Crippen LogP contribution in [0.5, 0.6) is 0 Å². The van der Waals surface area contributed by atoms with Gasteiger partial charge in [0.25, 0.3) is 0 Å². The molecule has 1 aromatic rings. The highest BCUT2D eigenvalue weighted by Crippen LogP contribution is 2.15. The quantitative estimate of drug-likeness (QED) is 0.658. The van der Waals surface area contributed by atoms with Gasteiger partial charge in [0, 0.05) is 25.0 Å². The van der Waals surface area contributed by atoms with Crippen LogP contribution in [0.1, 0.15) is 25.0 Å². The summed E-state index contributed by atoms with van der Waals surface area (Å²) in [5, 5.41) is 16.4. The zero-order chi connectivity index (χ0) is 13.4. The van der Waals surface area contributed by atoms with Crippen molar-refractivity contribution in [3.05, 3.63) is 34.9 Å². The Labute approximate surface area is 112 Å². The zero-order valence-corrected chi connectivity index (χ0v) is 11.2. The van der Waals surface area contributed by atoms with Crippen molar-refractivity contribution in [1.29, 1.82) is 0 Å². The first kappa shape index (κ1) is 15.0. The molecule has 1 atom stereocenters.